The Labute approximate surface area is 79.4 Å². The summed E-state index contributed by atoms with van der Waals surface area (Å²) in [4.78, 5) is 4.95. The van der Waals surface area contributed by atoms with Crippen molar-refractivity contribution in [3.63, 3.8) is 0 Å². The third-order valence-corrected chi connectivity index (χ3v) is 2.60. The van der Waals surface area contributed by atoms with E-state index in [1.807, 2.05) is 6.92 Å². The summed E-state index contributed by atoms with van der Waals surface area (Å²) in [5.41, 5.74) is 8.36. The summed E-state index contributed by atoms with van der Waals surface area (Å²) < 4.78 is 5.13. The molecule has 4 nitrogen and oxygen atoms in total. The summed E-state index contributed by atoms with van der Waals surface area (Å²) >= 11 is 1.52. The molecule has 2 heterocycles. The predicted molar refractivity (Wildman–Crippen MR) is 51.4 cm³/mol. The lowest BCUT2D eigenvalue weighted by Crippen LogP contribution is -1.90. The average Bonchev–Trinajstić information content (AvgIpc) is 2.71. The van der Waals surface area contributed by atoms with Crippen LogP contribution in [0.15, 0.2) is 16.2 Å². The van der Waals surface area contributed by atoms with Gasteiger partial charge in [0, 0.05) is 11.8 Å². The molecular formula is C8H9N3OS. The summed E-state index contributed by atoms with van der Waals surface area (Å²) in [6, 6.07) is 0. The molecule has 0 unspecified atom stereocenters. The molecule has 0 aliphatic rings. The molecule has 0 spiro atoms. The second-order valence-corrected chi connectivity index (χ2v) is 3.48. The fourth-order valence-corrected chi connectivity index (χ4v) is 1.81. The molecular weight excluding hydrogens is 186 g/mol. The fourth-order valence-electron chi connectivity index (χ4n) is 1.18. The van der Waals surface area contributed by atoms with Crippen LogP contribution in [0.25, 0.3) is 10.6 Å². The van der Waals surface area contributed by atoms with Crippen molar-refractivity contribution in [2.24, 2.45) is 0 Å². The molecule has 0 radical (unpaired) electrons. The molecule has 0 amide bonds. The van der Waals surface area contributed by atoms with Gasteiger partial charge in [0.15, 0.2) is 11.6 Å². The maximum absolute atomic E-state index is 5.64. The van der Waals surface area contributed by atoms with Gasteiger partial charge in [0.25, 0.3) is 0 Å². The molecule has 0 atom stereocenters. The predicted octanol–water partition coefficient (Wildman–Crippen LogP) is 1.94. The average molecular weight is 195 g/mol. The first kappa shape index (κ1) is 8.25. The summed E-state index contributed by atoms with van der Waals surface area (Å²) in [5, 5.41) is 3.73. The highest BCUT2D eigenvalue weighted by molar-refractivity contribution is 7.13. The van der Waals surface area contributed by atoms with Crippen molar-refractivity contribution in [3.05, 3.63) is 17.3 Å². The quantitative estimate of drug-likeness (QED) is 0.795. The Kier molecular flexibility index (Phi) is 2.02. The maximum atomic E-state index is 5.64. The van der Waals surface area contributed by atoms with E-state index < -0.39 is 0 Å². The number of aromatic nitrogens is 2. The van der Waals surface area contributed by atoms with Gasteiger partial charge in [-0.1, -0.05) is 12.1 Å². The normalized spacial score (nSPS) is 10.5. The van der Waals surface area contributed by atoms with Gasteiger partial charge >= 0.3 is 0 Å². The van der Waals surface area contributed by atoms with Crippen LogP contribution in [0.1, 0.15) is 12.5 Å². The first-order valence-electron chi connectivity index (χ1n) is 3.95. The van der Waals surface area contributed by atoms with E-state index in [0.717, 1.165) is 22.6 Å². The molecule has 2 rings (SSSR count). The van der Waals surface area contributed by atoms with Crippen molar-refractivity contribution in [2.75, 3.05) is 5.73 Å². The zero-order chi connectivity index (χ0) is 9.26. The minimum Gasteiger partial charge on any atom is -0.381 e. The topological polar surface area (TPSA) is 64.9 Å². The lowest BCUT2D eigenvalue weighted by Gasteiger charge is -1.93. The Morgan fingerprint density at radius 1 is 1.62 bits per heavy atom. The fraction of sp³-hybridized carbons (Fsp3) is 0.250. The van der Waals surface area contributed by atoms with E-state index in [0.29, 0.717) is 5.82 Å². The van der Waals surface area contributed by atoms with Crippen LogP contribution in [0.3, 0.4) is 0 Å². The third-order valence-electron chi connectivity index (χ3n) is 1.83. The van der Waals surface area contributed by atoms with Crippen molar-refractivity contribution in [1.29, 1.82) is 0 Å². The van der Waals surface area contributed by atoms with E-state index in [1.165, 1.54) is 11.3 Å². The Morgan fingerprint density at radius 2 is 2.46 bits per heavy atom. The minimum atomic E-state index is 0.478. The number of thiazole rings is 1. The zero-order valence-corrected chi connectivity index (χ0v) is 7.97. The van der Waals surface area contributed by atoms with Gasteiger partial charge in [0.1, 0.15) is 0 Å². The van der Waals surface area contributed by atoms with E-state index in [9.17, 15) is 0 Å². The largest absolute Gasteiger partial charge is 0.381 e. The summed E-state index contributed by atoms with van der Waals surface area (Å²) in [6.07, 6.45) is 2.58. The molecule has 0 bridgehead atoms. The van der Waals surface area contributed by atoms with E-state index in [1.54, 1.807) is 11.7 Å². The van der Waals surface area contributed by atoms with Crippen LogP contribution in [0, 0.1) is 0 Å². The van der Waals surface area contributed by atoms with Gasteiger partial charge in [-0.15, -0.1) is 11.3 Å². The van der Waals surface area contributed by atoms with Crippen LogP contribution >= 0.6 is 11.3 Å². The number of nitrogen functional groups attached to an aromatic ring is 1. The number of nitrogens with zero attached hydrogens (tertiary/aromatic N) is 2. The summed E-state index contributed by atoms with van der Waals surface area (Å²) in [6.45, 7) is 2.02. The monoisotopic (exact) mass is 195 g/mol. The molecule has 68 valence electrons. The molecule has 0 aliphatic heterocycles. The van der Waals surface area contributed by atoms with Gasteiger partial charge in [-0.2, -0.15) is 0 Å². The first-order valence-corrected chi connectivity index (χ1v) is 4.83. The van der Waals surface area contributed by atoms with E-state index >= 15 is 0 Å². The third kappa shape index (κ3) is 1.31. The van der Waals surface area contributed by atoms with Crippen LogP contribution in [-0.2, 0) is 6.42 Å². The number of nitrogens with two attached hydrogens (primary N) is 1. The van der Waals surface area contributed by atoms with Crippen molar-refractivity contribution < 1.29 is 4.52 Å². The smallest absolute Gasteiger partial charge is 0.183 e. The molecule has 0 fully saturated rings. The molecule has 13 heavy (non-hydrogen) atoms. The Bertz CT molecular complexity index is 393. The van der Waals surface area contributed by atoms with Crippen LogP contribution in [0.4, 0.5) is 5.82 Å². The van der Waals surface area contributed by atoms with E-state index in [4.69, 9.17) is 10.3 Å². The van der Waals surface area contributed by atoms with E-state index in [2.05, 4.69) is 10.1 Å². The highest BCUT2D eigenvalue weighted by Gasteiger charge is 2.14. The van der Waals surface area contributed by atoms with Gasteiger partial charge in [-0.05, 0) is 6.42 Å². The molecule has 2 aromatic rings. The summed E-state index contributed by atoms with van der Waals surface area (Å²) in [7, 11) is 0. The summed E-state index contributed by atoms with van der Waals surface area (Å²) in [5.74, 6) is 1.23. The van der Waals surface area contributed by atoms with Crippen LogP contribution < -0.4 is 5.73 Å². The van der Waals surface area contributed by atoms with Crippen molar-refractivity contribution in [2.45, 2.75) is 13.3 Å². The second kappa shape index (κ2) is 3.18. The van der Waals surface area contributed by atoms with Crippen molar-refractivity contribution in [1.82, 2.24) is 10.1 Å². The maximum Gasteiger partial charge on any atom is 0.183 e. The van der Waals surface area contributed by atoms with Gasteiger partial charge in [0.2, 0.25) is 0 Å². The zero-order valence-electron chi connectivity index (χ0n) is 7.15. The lowest BCUT2D eigenvalue weighted by molar-refractivity contribution is 0.436. The number of hydrogen-bond acceptors (Lipinski definition) is 5. The highest BCUT2D eigenvalue weighted by Crippen LogP contribution is 2.30. The Morgan fingerprint density at radius 3 is 3.08 bits per heavy atom. The molecule has 2 N–H and O–H groups in total. The van der Waals surface area contributed by atoms with Crippen molar-refractivity contribution in [3.8, 4) is 10.6 Å². The standard InChI is InChI=1S/C8H9N3OS/c1-2-5-7(12-11-8(5)9)6-3-10-4-13-6/h3-4H,2H2,1H3,(H2,9,11). The van der Waals surface area contributed by atoms with Crippen LogP contribution in [0.5, 0.6) is 0 Å². The van der Waals surface area contributed by atoms with Crippen LogP contribution in [0.2, 0.25) is 0 Å². The first-order chi connectivity index (χ1) is 6.33. The molecule has 0 saturated heterocycles. The number of hydrogen-bond donors (Lipinski definition) is 1. The SMILES string of the molecule is CCc1c(N)noc1-c1cncs1. The molecule has 0 saturated carbocycles. The van der Waals surface area contributed by atoms with Gasteiger partial charge < -0.3 is 10.3 Å². The number of anilines is 1. The molecule has 5 heteroatoms. The minimum absolute atomic E-state index is 0.478. The van der Waals surface area contributed by atoms with Crippen molar-refractivity contribution >= 4 is 17.2 Å². The van der Waals surface area contributed by atoms with E-state index in [-0.39, 0.29) is 0 Å². The molecule has 2 aromatic heterocycles. The second-order valence-electron chi connectivity index (χ2n) is 2.59. The Hall–Kier alpha value is -1.36. The lowest BCUT2D eigenvalue weighted by atomic mass is 10.2. The number of rotatable bonds is 2. The van der Waals surface area contributed by atoms with Gasteiger partial charge in [-0.25, -0.2) is 0 Å². The molecule has 0 aliphatic carbocycles. The van der Waals surface area contributed by atoms with Gasteiger partial charge in [-0.3, -0.25) is 4.98 Å². The van der Waals surface area contributed by atoms with Crippen LogP contribution in [-0.4, -0.2) is 10.1 Å². The Balaban J connectivity index is 2.52. The molecule has 0 aromatic carbocycles. The highest BCUT2D eigenvalue weighted by atomic mass is 32.1. The van der Waals surface area contributed by atoms with Gasteiger partial charge in [0.05, 0.1) is 10.4 Å².